The van der Waals surface area contributed by atoms with Crippen molar-refractivity contribution >= 4 is 45.2 Å². The van der Waals surface area contributed by atoms with Crippen LogP contribution in [0, 0.1) is 5.41 Å². The van der Waals surface area contributed by atoms with Gasteiger partial charge in [-0.25, -0.2) is 15.0 Å². The minimum atomic E-state index is 0.0764. The third kappa shape index (κ3) is 9.07. The average molecular weight is 484 g/mol. The fourth-order valence-electron chi connectivity index (χ4n) is 3.04. The lowest BCUT2D eigenvalue weighted by atomic mass is 9.88. The molecular formula is C25H37N7OS. The van der Waals surface area contributed by atoms with Crippen molar-refractivity contribution in [3.63, 3.8) is 0 Å². The fourth-order valence-corrected chi connectivity index (χ4v) is 3.72. The zero-order valence-electron chi connectivity index (χ0n) is 20.7. The Morgan fingerprint density at radius 3 is 2.65 bits per heavy atom. The van der Waals surface area contributed by atoms with E-state index in [1.807, 2.05) is 17.0 Å². The smallest absolute Gasteiger partial charge is 0.245 e. The van der Waals surface area contributed by atoms with E-state index in [1.165, 1.54) is 17.4 Å². The predicted octanol–water partition coefficient (Wildman–Crippen LogP) is 5.07. The number of hydrogen-bond donors (Lipinski definition) is 3. The van der Waals surface area contributed by atoms with Crippen molar-refractivity contribution in [1.82, 2.24) is 20.2 Å². The number of anilines is 3. The lowest BCUT2D eigenvalue weighted by molar-refractivity contribution is -0.124. The molecule has 3 heterocycles. The molecule has 2 aromatic rings. The van der Waals surface area contributed by atoms with Gasteiger partial charge in [0.25, 0.3) is 0 Å². The fraction of sp³-hybridized carbons (Fsp3) is 0.440. The van der Waals surface area contributed by atoms with Crippen LogP contribution in [0.15, 0.2) is 48.6 Å². The summed E-state index contributed by atoms with van der Waals surface area (Å²) in [6.07, 6.45) is 8.65. The number of allylic oxidation sites excluding steroid dienone is 1. The van der Waals surface area contributed by atoms with Crippen LogP contribution < -0.4 is 16.4 Å². The molecule has 0 unspecified atom stereocenters. The van der Waals surface area contributed by atoms with E-state index < -0.39 is 0 Å². The van der Waals surface area contributed by atoms with Gasteiger partial charge >= 0.3 is 0 Å². The summed E-state index contributed by atoms with van der Waals surface area (Å²) < 4.78 is 0. The molecule has 0 spiro atoms. The third-order valence-electron chi connectivity index (χ3n) is 5.44. The van der Waals surface area contributed by atoms with E-state index in [9.17, 15) is 4.79 Å². The summed E-state index contributed by atoms with van der Waals surface area (Å²) in [5.74, 6) is 1.23. The minimum Gasteiger partial charge on any atom is -0.384 e. The molecule has 0 aromatic carbocycles. The number of thiazole rings is 1. The van der Waals surface area contributed by atoms with Crippen LogP contribution in [0.2, 0.25) is 0 Å². The van der Waals surface area contributed by atoms with Crippen molar-refractivity contribution < 1.29 is 4.79 Å². The Kier molecular flexibility index (Phi) is 10.4. The van der Waals surface area contributed by atoms with Crippen molar-refractivity contribution in [3.8, 4) is 0 Å². The zero-order valence-corrected chi connectivity index (χ0v) is 21.5. The highest BCUT2D eigenvalue weighted by Gasteiger charge is 2.19. The first-order valence-corrected chi connectivity index (χ1v) is 12.2. The summed E-state index contributed by atoms with van der Waals surface area (Å²) >= 11 is 1.44. The Balaban J connectivity index is 0.000000379. The summed E-state index contributed by atoms with van der Waals surface area (Å²) in [7, 11) is 0. The summed E-state index contributed by atoms with van der Waals surface area (Å²) in [5.41, 5.74) is 7.22. The quantitative estimate of drug-likeness (QED) is 0.357. The van der Waals surface area contributed by atoms with E-state index in [0.717, 1.165) is 48.2 Å². The largest absolute Gasteiger partial charge is 0.384 e. The maximum Gasteiger partial charge on any atom is 0.245 e. The van der Waals surface area contributed by atoms with Crippen molar-refractivity contribution in [2.45, 2.75) is 53.1 Å². The lowest BCUT2D eigenvalue weighted by Crippen LogP contribution is -2.37. The summed E-state index contributed by atoms with van der Waals surface area (Å²) in [6, 6.07) is 4.24. The third-order valence-corrected chi connectivity index (χ3v) is 6.27. The zero-order chi connectivity index (χ0) is 25.1. The van der Waals surface area contributed by atoms with Gasteiger partial charge in [0.15, 0.2) is 5.13 Å². The van der Waals surface area contributed by atoms with Crippen LogP contribution in [0.1, 0.15) is 46.1 Å². The van der Waals surface area contributed by atoms with Crippen molar-refractivity contribution in [1.29, 1.82) is 0 Å². The molecule has 0 bridgehead atoms. The number of rotatable bonds is 8. The standard InChI is InChI=1S/C18H26N6S.C7H11NO/c1-6-7-20-16-11-22-17(25-16)24-15-9-13(8-14(19)23-15)10-21-12(2)18(3,4)5;1-2-7(9)8-5-3-4-6-8/h6-9,11-12,21H,1,10H2,2-5H3,(H3,19,22,23,24);2H,1,3-6H2/b20-7-;/t12-;/m0./s1. The summed E-state index contributed by atoms with van der Waals surface area (Å²) in [4.78, 5) is 25.5. The van der Waals surface area contributed by atoms with Gasteiger partial charge in [-0.05, 0) is 49.0 Å². The topological polar surface area (TPSA) is 109 Å². The van der Waals surface area contributed by atoms with Gasteiger partial charge in [-0.1, -0.05) is 51.3 Å². The molecule has 4 N–H and O–H groups in total. The molecule has 1 amide bonds. The number of carbonyl (C=O) groups is 1. The molecule has 1 fully saturated rings. The van der Waals surface area contributed by atoms with Crippen LogP contribution in [0.25, 0.3) is 0 Å². The Labute approximate surface area is 207 Å². The molecule has 3 rings (SSSR count). The van der Waals surface area contributed by atoms with Crippen LogP contribution in [-0.2, 0) is 11.3 Å². The van der Waals surface area contributed by atoms with Gasteiger partial charge < -0.3 is 21.3 Å². The highest BCUT2D eigenvalue weighted by atomic mass is 32.1. The normalized spacial score (nSPS) is 14.4. The minimum absolute atomic E-state index is 0.0764. The first kappa shape index (κ1) is 27.2. The average Bonchev–Trinajstić information content (AvgIpc) is 3.47. The SMILES string of the molecule is C=C/C=N\c1cnc(Nc2cc(CN[C@@H](C)C(C)(C)C)cc(N)n2)s1.C=CC(=O)N1CCCC1. The number of carbonyl (C=O) groups excluding carboxylic acids is 1. The maximum absolute atomic E-state index is 10.8. The number of aromatic nitrogens is 2. The molecule has 8 nitrogen and oxygen atoms in total. The molecule has 0 aliphatic carbocycles. The monoisotopic (exact) mass is 483 g/mol. The number of nitrogens with two attached hydrogens (primary N) is 1. The van der Waals surface area contributed by atoms with E-state index in [-0.39, 0.29) is 11.3 Å². The maximum atomic E-state index is 10.8. The van der Waals surface area contributed by atoms with E-state index in [1.54, 1.807) is 18.5 Å². The van der Waals surface area contributed by atoms with E-state index in [0.29, 0.717) is 17.7 Å². The number of aliphatic imine (C=N–C) groups is 1. The highest BCUT2D eigenvalue weighted by Crippen LogP contribution is 2.28. The molecule has 1 saturated heterocycles. The highest BCUT2D eigenvalue weighted by molar-refractivity contribution is 7.19. The molecule has 2 aromatic heterocycles. The second-order valence-corrected chi connectivity index (χ2v) is 10.1. The molecular weight excluding hydrogens is 446 g/mol. The first-order valence-electron chi connectivity index (χ1n) is 11.4. The van der Waals surface area contributed by atoms with Crippen molar-refractivity contribution in [2.75, 3.05) is 24.1 Å². The summed E-state index contributed by atoms with van der Waals surface area (Å²) in [6.45, 7) is 18.4. The number of amides is 1. The number of likely N-dealkylation sites (tertiary alicyclic amines) is 1. The predicted molar refractivity (Wildman–Crippen MR) is 144 cm³/mol. The van der Waals surface area contributed by atoms with Gasteiger partial charge in [0.05, 0.1) is 6.20 Å². The molecule has 1 atom stereocenters. The van der Waals surface area contributed by atoms with Crippen LogP contribution >= 0.6 is 11.3 Å². The number of pyridine rings is 1. The molecule has 1 aliphatic rings. The van der Waals surface area contributed by atoms with Gasteiger partial charge in [0.2, 0.25) is 5.91 Å². The molecule has 0 saturated carbocycles. The van der Waals surface area contributed by atoms with Crippen molar-refractivity contribution in [3.05, 3.63) is 49.2 Å². The van der Waals surface area contributed by atoms with Crippen LogP contribution in [-0.4, -0.2) is 46.1 Å². The summed E-state index contributed by atoms with van der Waals surface area (Å²) in [5, 5.41) is 8.24. The Morgan fingerprint density at radius 2 is 2.03 bits per heavy atom. The van der Waals surface area contributed by atoms with E-state index in [4.69, 9.17) is 5.73 Å². The molecule has 0 radical (unpaired) electrons. The van der Waals surface area contributed by atoms with Crippen LogP contribution in [0.4, 0.5) is 21.8 Å². The Hall–Kier alpha value is -3.04. The van der Waals surface area contributed by atoms with Crippen LogP contribution in [0.5, 0.6) is 0 Å². The first-order chi connectivity index (χ1) is 16.1. The number of nitrogens with one attached hydrogen (secondary N) is 2. The van der Waals surface area contributed by atoms with Gasteiger partial charge in [0, 0.05) is 31.9 Å². The molecule has 184 valence electrons. The second-order valence-electron chi connectivity index (χ2n) is 9.13. The second kappa shape index (κ2) is 13.0. The lowest BCUT2D eigenvalue weighted by Gasteiger charge is -2.28. The number of nitrogen functional groups attached to an aromatic ring is 1. The van der Waals surface area contributed by atoms with E-state index in [2.05, 4.69) is 66.4 Å². The van der Waals surface area contributed by atoms with Gasteiger partial charge in [-0.15, -0.1) is 0 Å². The van der Waals surface area contributed by atoms with Gasteiger partial charge in [-0.2, -0.15) is 0 Å². The molecule has 34 heavy (non-hydrogen) atoms. The number of hydrogen-bond acceptors (Lipinski definition) is 8. The van der Waals surface area contributed by atoms with Crippen molar-refractivity contribution in [2.24, 2.45) is 10.4 Å². The Morgan fingerprint density at radius 1 is 1.32 bits per heavy atom. The van der Waals surface area contributed by atoms with E-state index >= 15 is 0 Å². The van der Waals surface area contributed by atoms with Gasteiger partial charge in [-0.3, -0.25) is 4.79 Å². The molecule has 1 aliphatic heterocycles. The molecule has 9 heteroatoms. The van der Waals surface area contributed by atoms with Crippen LogP contribution in [0.3, 0.4) is 0 Å². The number of nitrogens with zero attached hydrogens (tertiary/aromatic N) is 4. The Bertz CT molecular complexity index is 987. The van der Waals surface area contributed by atoms with Gasteiger partial charge in [0.1, 0.15) is 16.6 Å².